The maximum Gasteiger partial charge on any atom is 0.308 e. The van der Waals surface area contributed by atoms with Crippen molar-refractivity contribution in [1.29, 1.82) is 0 Å². The number of methoxy groups -OCH3 is 1. The van der Waals surface area contributed by atoms with Gasteiger partial charge in [-0.3, -0.25) is 9.59 Å². The second-order valence-electron chi connectivity index (χ2n) is 5.59. The molecular weight excluding hydrogens is 318 g/mol. The normalized spacial score (nSPS) is 17.6. The Kier molecular flexibility index (Phi) is 7.10. The summed E-state index contributed by atoms with van der Waals surface area (Å²) in [7, 11) is 1.62. The molecule has 6 heteroatoms. The lowest BCUT2D eigenvalue weighted by Gasteiger charge is -2.14. The molecule has 1 heterocycles. The summed E-state index contributed by atoms with van der Waals surface area (Å²) in [5.74, 6) is -0.581. The molecule has 1 aliphatic heterocycles. The number of carbonyl (C=O) groups is 2. The van der Waals surface area contributed by atoms with Crippen LogP contribution in [0.15, 0.2) is 35.9 Å². The number of carboxylic acids is 1. The molecule has 1 N–H and O–H groups in total. The van der Waals surface area contributed by atoms with Crippen molar-refractivity contribution in [3.8, 4) is 5.75 Å². The lowest BCUT2D eigenvalue weighted by Crippen LogP contribution is -2.28. The molecule has 1 saturated heterocycles. The zero-order valence-corrected chi connectivity index (χ0v) is 14.1. The zero-order chi connectivity index (χ0) is 16.1. The number of rotatable bonds is 5. The number of carbonyl (C=O) groups excluding carboxylic acids is 1. The zero-order valence-electron chi connectivity index (χ0n) is 13.3. The van der Waals surface area contributed by atoms with Crippen molar-refractivity contribution in [2.24, 2.45) is 5.92 Å². The van der Waals surface area contributed by atoms with Crippen LogP contribution in [-0.2, 0) is 16.0 Å². The highest BCUT2D eigenvalue weighted by Crippen LogP contribution is 2.21. The molecule has 0 aromatic heterocycles. The molecular formula is C17H22ClNO4. The first-order valence-electron chi connectivity index (χ1n) is 7.32. The topological polar surface area (TPSA) is 66.8 Å². The van der Waals surface area contributed by atoms with Gasteiger partial charge in [-0.2, -0.15) is 0 Å². The van der Waals surface area contributed by atoms with Gasteiger partial charge in [0.2, 0.25) is 5.91 Å². The number of aliphatic carboxylic acids is 1. The monoisotopic (exact) mass is 339 g/mol. The van der Waals surface area contributed by atoms with E-state index in [4.69, 9.17) is 9.84 Å². The van der Waals surface area contributed by atoms with Crippen molar-refractivity contribution in [2.45, 2.75) is 19.8 Å². The third-order valence-corrected chi connectivity index (χ3v) is 3.88. The van der Waals surface area contributed by atoms with E-state index >= 15 is 0 Å². The van der Waals surface area contributed by atoms with E-state index < -0.39 is 11.9 Å². The SMILES string of the molecule is COc1ccccc1C/C(C)=C/C(=O)N1CCC(C(=O)O)C1.Cl. The number of likely N-dealkylation sites (tertiary alicyclic amines) is 1. The van der Waals surface area contributed by atoms with Crippen LogP contribution >= 0.6 is 12.4 Å². The Hall–Kier alpha value is -2.01. The van der Waals surface area contributed by atoms with Crippen LogP contribution in [0.3, 0.4) is 0 Å². The van der Waals surface area contributed by atoms with Crippen molar-refractivity contribution in [3.63, 3.8) is 0 Å². The maximum atomic E-state index is 12.2. The van der Waals surface area contributed by atoms with Gasteiger partial charge >= 0.3 is 5.97 Å². The van der Waals surface area contributed by atoms with Crippen LogP contribution in [0.25, 0.3) is 0 Å². The van der Waals surface area contributed by atoms with Gasteiger partial charge < -0.3 is 14.7 Å². The van der Waals surface area contributed by atoms with Gasteiger partial charge in [0.15, 0.2) is 0 Å². The van der Waals surface area contributed by atoms with E-state index in [2.05, 4.69) is 0 Å². The van der Waals surface area contributed by atoms with E-state index in [-0.39, 0.29) is 18.3 Å². The number of amides is 1. The van der Waals surface area contributed by atoms with Crippen LogP contribution in [0.5, 0.6) is 5.75 Å². The first kappa shape index (κ1) is 19.0. The molecule has 1 amide bonds. The highest BCUT2D eigenvalue weighted by molar-refractivity contribution is 5.89. The third-order valence-electron chi connectivity index (χ3n) is 3.88. The number of carboxylic acid groups (broad SMARTS) is 1. The second-order valence-corrected chi connectivity index (χ2v) is 5.59. The Balaban J connectivity index is 0.00000264. The van der Waals surface area contributed by atoms with Crippen LogP contribution < -0.4 is 4.74 Å². The molecule has 0 spiro atoms. The minimum Gasteiger partial charge on any atom is -0.496 e. The summed E-state index contributed by atoms with van der Waals surface area (Å²) in [6.07, 6.45) is 2.75. The summed E-state index contributed by atoms with van der Waals surface area (Å²) in [5.41, 5.74) is 1.95. The van der Waals surface area contributed by atoms with Crippen molar-refractivity contribution >= 4 is 24.3 Å². The minimum absolute atomic E-state index is 0. The molecule has 1 atom stereocenters. The highest BCUT2D eigenvalue weighted by atomic mass is 35.5. The van der Waals surface area contributed by atoms with E-state index in [9.17, 15) is 9.59 Å². The lowest BCUT2D eigenvalue weighted by molar-refractivity contribution is -0.141. The van der Waals surface area contributed by atoms with Gasteiger partial charge in [-0.1, -0.05) is 23.8 Å². The van der Waals surface area contributed by atoms with E-state index in [0.29, 0.717) is 25.9 Å². The smallest absolute Gasteiger partial charge is 0.308 e. The van der Waals surface area contributed by atoms with Crippen LogP contribution in [0.1, 0.15) is 18.9 Å². The third kappa shape index (κ3) is 4.99. The van der Waals surface area contributed by atoms with Gasteiger partial charge in [0.1, 0.15) is 5.75 Å². The molecule has 1 aromatic rings. The van der Waals surface area contributed by atoms with Crippen molar-refractivity contribution in [3.05, 3.63) is 41.5 Å². The van der Waals surface area contributed by atoms with Crippen LogP contribution in [-0.4, -0.2) is 42.1 Å². The lowest BCUT2D eigenvalue weighted by atomic mass is 10.0. The van der Waals surface area contributed by atoms with Crippen molar-refractivity contribution < 1.29 is 19.4 Å². The highest BCUT2D eigenvalue weighted by Gasteiger charge is 2.29. The molecule has 1 aromatic carbocycles. The number of halogens is 1. The summed E-state index contributed by atoms with van der Waals surface area (Å²) >= 11 is 0. The standard InChI is InChI=1S/C17H21NO4.ClH/c1-12(9-13-5-3-4-6-15(13)22-2)10-16(19)18-8-7-14(11-18)17(20)21;/h3-6,10,14H,7-9,11H2,1-2H3,(H,20,21);1H/b12-10+;. The maximum absolute atomic E-state index is 12.2. The Morgan fingerprint density at radius 1 is 1.39 bits per heavy atom. The van der Waals surface area contributed by atoms with E-state index in [1.807, 2.05) is 31.2 Å². The summed E-state index contributed by atoms with van der Waals surface area (Å²) < 4.78 is 5.30. The molecule has 0 radical (unpaired) electrons. The molecule has 0 saturated carbocycles. The summed E-state index contributed by atoms with van der Waals surface area (Å²) in [4.78, 5) is 24.7. The Bertz CT molecular complexity index is 600. The van der Waals surface area contributed by atoms with Crippen LogP contribution in [0.2, 0.25) is 0 Å². The summed E-state index contributed by atoms with van der Waals surface area (Å²) in [5, 5.41) is 8.98. The largest absolute Gasteiger partial charge is 0.496 e. The molecule has 1 unspecified atom stereocenters. The number of ether oxygens (including phenoxy) is 1. The van der Waals surface area contributed by atoms with E-state index in [0.717, 1.165) is 16.9 Å². The van der Waals surface area contributed by atoms with Gasteiger partial charge in [-0.05, 0) is 31.4 Å². The fourth-order valence-electron chi connectivity index (χ4n) is 2.66. The Morgan fingerprint density at radius 2 is 2.09 bits per heavy atom. The molecule has 23 heavy (non-hydrogen) atoms. The minimum atomic E-state index is -0.829. The van der Waals surface area contributed by atoms with Gasteiger partial charge in [0.05, 0.1) is 13.0 Å². The fraction of sp³-hybridized carbons (Fsp3) is 0.412. The van der Waals surface area contributed by atoms with Gasteiger partial charge in [0, 0.05) is 19.2 Å². The Labute approximate surface area is 142 Å². The number of hydrogen-bond donors (Lipinski definition) is 1. The predicted molar refractivity (Wildman–Crippen MR) is 90.0 cm³/mol. The van der Waals surface area contributed by atoms with Crippen molar-refractivity contribution in [2.75, 3.05) is 20.2 Å². The van der Waals surface area contributed by atoms with E-state index in [1.54, 1.807) is 18.1 Å². The molecule has 1 aliphatic rings. The molecule has 5 nitrogen and oxygen atoms in total. The van der Waals surface area contributed by atoms with Crippen LogP contribution in [0.4, 0.5) is 0 Å². The molecule has 1 fully saturated rings. The summed E-state index contributed by atoms with van der Waals surface area (Å²) in [6, 6.07) is 7.70. The summed E-state index contributed by atoms with van der Waals surface area (Å²) in [6.45, 7) is 2.70. The fourth-order valence-corrected chi connectivity index (χ4v) is 2.66. The first-order valence-corrected chi connectivity index (χ1v) is 7.32. The number of allylic oxidation sites excluding steroid dienone is 1. The van der Waals surface area contributed by atoms with Crippen LogP contribution in [0, 0.1) is 5.92 Å². The van der Waals surface area contributed by atoms with Crippen molar-refractivity contribution in [1.82, 2.24) is 4.90 Å². The predicted octanol–water partition coefficient (Wildman–Crippen LogP) is 2.54. The quantitative estimate of drug-likeness (QED) is 0.837. The molecule has 0 aliphatic carbocycles. The first-order chi connectivity index (χ1) is 10.5. The average molecular weight is 340 g/mol. The van der Waals surface area contributed by atoms with E-state index in [1.165, 1.54) is 0 Å². The molecule has 126 valence electrons. The Morgan fingerprint density at radius 3 is 2.70 bits per heavy atom. The molecule has 2 rings (SSSR count). The number of benzene rings is 1. The number of hydrogen-bond acceptors (Lipinski definition) is 3. The second kappa shape index (κ2) is 8.58. The van der Waals surface area contributed by atoms with Gasteiger partial charge in [-0.15, -0.1) is 12.4 Å². The molecule has 0 bridgehead atoms. The number of nitrogens with zero attached hydrogens (tertiary/aromatic N) is 1. The number of para-hydroxylation sites is 1. The average Bonchev–Trinajstić information content (AvgIpc) is 2.98. The van der Waals surface area contributed by atoms with Gasteiger partial charge in [0.25, 0.3) is 0 Å². The van der Waals surface area contributed by atoms with Gasteiger partial charge in [-0.25, -0.2) is 0 Å².